The maximum atomic E-state index is 11.9. The van der Waals surface area contributed by atoms with Gasteiger partial charge in [0.25, 0.3) is 5.91 Å². The van der Waals surface area contributed by atoms with Gasteiger partial charge in [-0.25, -0.2) is 0 Å². The number of rotatable bonds is 10. The molecule has 24 heavy (non-hydrogen) atoms. The number of nitrogens with one attached hydrogen (secondary N) is 3. The molecule has 134 valence electrons. The minimum atomic E-state index is -0.259. The highest BCUT2D eigenvalue weighted by Crippen LogP contribution is 2.08. The zero-order valence-electron chi connectivity index (χ0n) is 15.3. The smallest absolute Gasteiger partial charge is 0.251 e. The van der Waals surface area contributed by atoms with Gasteiger partial charge < -0.3 is 16.0 Å². The van der Waals surface area contributed by atoms with E-state index < -0.39 is 0 Å². The number of hydrogen-bond acceptors (Lipinski definition) is 3. The van der Waals surface area contributed by atoms with E-state index in [-0.39, 0.29) is 17.4 Å². The van der Waals surface area contributed by atoms with Gasteiger partial charge in [-0.15, -0.1) is 0 Å². The molecule has 2 amide bonds. The van der Waals surface area contributed by atoms with Crippen LogP contribution >= 0.6 is 0 Å². The van der Waals surface area contributed by atoms with Crippen molar-refractivity contribution in [2.45, 2.75) is 46.1 Å². The van der Waals surface area contributed by atoms with Crippen LogP contribution in [-0.2, 0) is 4.79 Å². The lowest BCUT2D eigenvalue weighted by molar-refractivity contribution is -0.122. The van der Waals surface area contributed by atoms with Crippen LogP contribution in [-0.4, -0.2) is 37.0 Å². The predicted molar refractivity (Wildman–Crippen MR) is 97.9 cm³/mol. The van der Waals surface area contributed by atoms with Crippen molar-refractivity contribution in [3.63, 3.8) is 0 Å². The second-order valence-electron chi connectivity index (χ2n) is 7.16. The third kappa shape index (κ3) is 8.67. The second kappa shape index (κ2) is 10.1. The summed E-state index contributed by atoms with van der Waals surface area (Å²) in [4.78, 5) is 23.8. The van der Waals surface area contributed by atoms with Crippen molar-refractivity contribution in [1.29, 1.82) is 0 Å². The van der Waals surface area contributed by atoms with E-state index in [9.17, 15) is 9.59 Å². The molecule has 0 bridgehead atoms. The maximum Gasteiger partial charge on any atom is 0.251 e. The van der Waals surface area contributed by atoms with Crippen molar-refractivity contribution < 1.29 is 9.59 Å². The van der Waals surface area contributed by atoms with Crippen LogP contribution in [0.3, 0.4) is 0 Å². The SMILES string of the molecule is CC(C)CNC(=O)CC(C)(C)NCCCNC(=O)c1ccccc1. The Balaban J connectivity index is 2.19. The van der Waals surface area contributed by atoms with E-state index in [1.54, 1.807) is 12.1 Å². The molecule has 0 aliphatic heterocycles. The summed E-state index contributed by atoms with van der Waals surface area (Å²) < 4.78 is 0. The van der Waals surface area contributed by atoms with Crippen LogP contribution in [0.15, 0.2) is 30.3 Å². The van der Waals surface area contributed by atoms with Crippen molar-refractivity contribution in [3.8, 4) is 0 Å². The average molecular weight is 333 g/mol. The summed E-state index contributed by atoms with van der Waals surface area (Å²) in [6.07, 6.45) is 1.26. The quantitative estimate of drug-likeness (QED) is 0.576. The van der Waals surface area contributed by atoms with Crippen molar-refractivity contribution in [2.24, 2.45) is 5.92 Å². The minimum Gasteiger partial charge on any atom is -0.356 e. The van der Waals surface area contributed by atoms with E-state index in [1.165, 1.54) is 0 Å². The van der Waals surface area contributed by atoms with Crippen LogP contribution in [0, 0.1) is 5.92 Å². The van der Waals surface area contributed by atoms with E-state index in [2.05, 4.69) is 29.8 Å². The lowest BCUT2D eigenvalue weighted by Crippen LogP contribution is -2.45. The fourth-order valence-corrected chi connectivity index (χ4v) is 2.25. The summed E-state index contributed by atoms with van der Waals surface area (Å²) in [5.41, 5.74) is 0.414. The van der Waals surface area contributed by atoms with Gasteiger partial charge in [-0.3, -0.25) is 9.59 Å². The van der Waals surface area contributed by atoms with Crippen LogP contribution in [0.2, 0.25) is 0 Å². The third-order valence-corrected chi connectivity index (χ3v) is 3.59. The molecule has 0 aliphatic carbocycles. The van der Waals surface area contributed by atoms with Gasteiger partial charge in [0.1, 0.15) is 0 Å². The summed E-state index contributed by atoms with van der Waals surface area (Å²) >= 11 is 0. The monoisotopic (exact) mass is 333 g/mol. The van der Waals surface area contributed by atoms with Gasteiger partial charge in [0.05, 0.1) is 0 Å². The van der Waals surface area contributed by atoms with Crippen LogP contribution in [0.5, 0.6) is 0 Å². The van der Waals surface area contributed by atoms with E-state index >= 15 is 0 Å². The van der Waals surface area contributed by atoms with Gasteiger partial charge in [-0.05, 0) is 44.9 Å². The summed E-state index contributed by atoms with van der Waals surface area (Å²) in [5, 5.41) is 9.22. The van der Waals surface area contributed by atoms with Gasteiger partial charge in [0.2, 0.25) is 5.91 Å². The maximum absolute atomic E-state index is 11.9. The number of hydrogen-bond donors (Lipinski definition) is 3. The predicted octanol–water partition coefficient (Wildman–Crippen LogP) is 2.34. The molecule has 0 atom stereocenters. The highest BCUT2D eigenvalue weighted by atomic mass is 16.2. The number of benzene rings is 1. The highest BCUT2D eigenvalue weighted by molar-refractivity contribution is 5.94. The largest absolute Gasteiger partial charge is 0.356 e. The van der Waals surface area contributed by atoms with Gasteiger partial charge in [0, 0.05) is 30.6 Å². The number of amides is 2. The molecule has 0 radical (unpaired) electrons. The normalized spacial score (nSPS) is 11.4. The number of carbonyl (C=O) groups excluding carboxylic acids is 2. The molecule has 0 saturated heterocycles. The molecule has 0 aliphatic rings. The molecular weight excluding hydrogens is 302 g/mol. The lowest BCUT2D eigenvalue weighted by atomic mass is 10.00. The molecular formula is C19H31N3O2. The summed E-state index contributed by atoms with van der Waals surface area (Å²) in [5.74, 6) is 0.472. The van der Waals surface area contributed by atoms with E-state index in [4.69, 9.17) is 0 Å². The average Bonchev–Trinajstić information content (AvgIpc) is 2.52. The first-order valence-corrected chi connectivity index (χ1v) is 8.65. The Morgan fingerprint density at radius 1 is 1.04 bits per heavy atom. The topological polar surface area (TPSA) is 70.2 Å². The molecule has 5 nitrogen and oxygen atoms in total. The van der Waals surface area contributed by atoms with E-state index in [1.807, 2.05) is 32.0 Å². The first kappa shape index (κ1) is 20.2. The third-order valence-electron chi connectivity index (χ3n) is 3.59. The van der Waals surface area contributed by atoms with Gasteiger partial charge in [-0.2, -0.15) is 0 Å². The van der Waals surface area contributed by atoms with E-state index in [0.717, 1.165) is 13.0 Å². The van der Waals surface area contributed by atoms with Crippen LogP contribution in [0.25, 0.3) is 0 Å². The Hall–Kier alpha value is -1.88. The molecule has 5 heteroatoms. The number of carbonyl (C=O) groups is 2. The molecule has 0 saturated carbocycles. The molecule has 0 aromatic heterocycles. The highest BCUT2D eigenvalue weighted by Gasteiger charge is 2.20. The minimum absolute atomic E-state index is 0.0528. The van der Waals surface area contributed by atoms with E-state index in [0.29, 0.717) is 31.0 Å². The molecule has 1 aromatic carbocycles. The molecule has 0 spiro atoms. The Morgan fingerprint density at radius 2 is 1.71 bits per heavy atom. The second-order valence-corrected chi connectivity index (χ2v) is 7.16. The van der Waals surface area contributed by atoms with Gasteiger partial charge in [0.15, 0.2) is 0 Å². The van der Waals surface area contributed by atoms with Crippen molar-refractivity contribution in [2.75, 3.05) is 19.6 Å². The summed E-state index contributed by atoms with van der Waals surface area (Å²) in [6.45, 7) is 10.3. The zero-order valence-corrected chi connectivity index (χ0v) is 15.3. The standard InChI is InChI=1S/C19H31N3O2/c1-15(2)14-21-17(23)13-19(3,4)22-12-8-11-20-18(24)16-9-6-5-7-10-16/h5-7,9-10,15,22H,8,11-14H2,1-4H3,(H,20,24)(H,21,23). The molecule has 0 heterocycles. The van der Waals surface area contributed by atoms with Crippen molar-refractivity contribution in [1.82, 2.24) is 16.0 Å². The molecule has 0 fully saturated rings. The first-order valence-electron chi connectivity index (χ1n) is 8.65. The van der Waals surface area contributed by atoms with Crippen LogP contribution in [0.1, 0.15) is 50.9 Å². The van der Waals surface area contributed by atoms with Crippen molar-refractivity contribution in [3.05, 3.63) is 35.9 Å². The fraction of sp³-hybridized carbons (Fsp3) is 0.579. The molecule has 3 N–H and O–H groups in total. The Bertz CT molecular complexity index is 513. The Kier molecular flexibility index (Phi) is 8.47. The van der Waals surface area contributed by atoms with Crippen LogP contribution in [0.4, 0.5) is 0 Å². The Morgan fingerprint density at radius 3 is 2.33 bits per heavy atom. The zero-order chi connectivity index (χ0) is 18.0. The van der Waals surface area contributed by atoms with Crippen molar-refractivity contribution >= 4 is 11.8 Å². The molecule has 1 rings (SSSR count). The molecule has 1 aromatic rings. The molecule has 0 unspecified atom stereocenters. The summed E-state index contributed by atoms with van der Waals surface area (Å²) in [7, 11) is 0. The lowest BCUT2D eigenvalue weighted by Gasteiger charge is -2.26. The summed E-state index contributed by atoms with van der Waals surface area (Å²) in [6, 6.07) is 9.19. The van der Waals surface area contributed by atoms with Crippen LogP contribution < -0.4 is 16.0 Å². The first-order chi connectivity index (χ1) is 11.3. The fourth-order valence-electron chi connectivity index (χ4n) is 2.25. The van der Waals surface area contributed by atoms with Gasteiger partial charge in [-0.1, -0.05) is 32.0 Å². The Labute approximate surface area is 145 Å². The van der Waals surface area contributed by atoms with Gasteiger partial charge >= 0.3 is 0 Å².